The van der Waals surface area contributed by atoms with Crippen LogP contribution in [0.4, 0.5) is 4.39 Å². The Balaban J connectivity index is 1.36. The van der Waals surface area contributed by atoms with E-state index in [0.29, 0.717) is 5.75 Å². The number of fused-ring (bicyclic) bond motifs is 1. The number of benzene rings is 3. The number of halogens is 1. The Kier molecular flexibility index (Phi) is 5.93. The molecule has 0 atom stereocenters. The average molecular weight is 417 g/mol. The zero-order chi connectivity index (χ0) is 21.6. The van der Waals surface area contributed by atoms with Crippen LogP contribution in [0.5, 0.6) is 5.75 Å². The van der Waals surface area contributed by atoms with Gasteiger partial charge >= 0.3 is 0 Å². The van der Waals surface area contributed by atoms with Crippen molar-refractivity contribution >= 4 is 22.7 Å². The van der Waals surface area contributed by atoms with Crippen molar-refractivity contribution in [2.75, 3.05) is 0 Å². The van der Waals surface area contributed by atoms with E-state index in [4.69, 9.17) is 4.74 Å². The van der Waals surface area contributed by atoms with E-state index in [2.05, 4.69) is 15.8 Å². The summed E-state index contributed by atoms with van der Waals surface area (Å²) in [5, 5.41) is 0.962. The van der Waals surface area contributed by atoms with Crippen molar-refractivity contribution in [3.05, 3.63) is 102 Å². The van der Waals surface area contributed by atoms with Crippen molar-refractivity contribution in [1.82, 2.24) is 15.8 Å². The van der Waals surface area contributed by atoms with Gasteiger partial charge in [-0.3, -0.25) is 20.4 Å². The maximum atomic E-state index is 13.0. The zero-order valence-electron chi connectivity index (χ0n) is 16.5. The minimum absolute atomic E-state index is 0.118. The van der Waals surface area contributed by atoms with Gasteiger partial charge in [-0.2, -0.15) is 0 Å². The molecule has 0 radical (unpaired) electrons. The van der Waals surface area contributed by atoms with Crippen LogP contribution in [0, 0.1) is 5.82 Å². The summed E-state index contributed by atoms with van der Waals surface area (Å²) in [6, 6.07) is 20.3. The van der Waals surface area contributed by atoms with Gasteiger partial charge in [0.15, 0.2) is 0 Å². The van der Waals surface area contributed by atoms with E-state index in [1.807, 2.05) is 24.3 Å². The molecular weight excluding hydrogens is 397 g/mol. The topological polar surface area (TPSA) is 83.2 Å². The summed E-state index contributed by atoms with van der Waals surface area (Å²) in [5.41, 5.74) is 7.70. The van der Waals surface area contributed by atoms with Crippen molar-refractivity contribution < 1.29 is 18.7 Å². The lowest BCUT2D eigenvalue weighted by Gasteiger charge is -2.12. The second kappa shape index (κ2) is 9.13. The van der Waals surface area contributed by atoms with Crippen molar-refractivity contribution in [3.8, 4) is 5.75 Å². The van der Waals surface area contributed by atoms with Gasteiger partial charge in [0.1, 0.15) is 18.2 Å². The van der Waals surface area contributed by atoms with E-state index >= 15 is 0 Å². The van der Waals surface area contributed by atoms with Gasteiger partial charge in [0.25, 0.3) is 5.91 Å². The number of hydrazine groups is 1. The van der Waals surface area contributed by atoms with Gasteiger partial charge in [0.2, 0.25) is 5.91 Å². The molecule has 0 spiro atoms. The molecule has 0 saturated heterocycles. The smallest absolute Gasteiger partial charge is 0.273 e. The summed E-state index contributed by atoms with van der Waals surface area (Å²) in [6.45, 7) is 0.178. The minimum Gasteiger partial charge on any atom is -0.488 e. The SMILES string of the molecule is O=C(Cc1c[nH]c2ccccc12)NNC(=O)c1ccccc1OCc1ccc(F)cc1. The number of H-pyrrole nitrogens is 1. The highest BCUT2D eigenvalue weighted by Gasteiger charge is 2.14. The first-order valence-electron chi connectivity index (χ1n) is 9.70. The summed E-state index contributed by atoms with van der Waals surface area (Å²) in [7, 11) is 0. The number of aromatic amines is 1. The lowest BCUT2D eigenvalue weighted by atomic mass is 10.1. The molecule has 1 aromatic heterocycles. The zero-order valence-corrected chi connectivity index (χ0v) is 16.5. The second-order valence-corrected chi connectivity index (χ2v) is 6.95. The monoisotopic (exact) mass is 417 g/mol. The van der Waals surface area contributed by atoms with Crippen molar-refractivity contribution in [2.24, 2.45) is 0 Å². The molecule has 4 aromatic rings. The molecule has 0 aliphatic carbocycles. The highest BCUT2D eigenvalue weighted by atomic mass is 19.1. The van der Waals surface area contributed by atoms with Crippen LogP contribution >= 0.6 is 0 Å². The van der Waals surface area contributed by atoms with Crippen LogP contribution in [0.2, 0.25) is 0 Å². The van der Waals surface area contributed by atoms with Crippen LogP contribution in [0.15, 0.2) is 79.0 Å². The molecule has 7 heteroatoms. The largest absolute Gasteiger partial charge is 0.488 e. The van der Waals surface area contributed by atoms with Gasteiger partial charge in [0, 0.05) is 17.1 Å². The fourth-order valence-corrected chi connectivity index (χ4v) is 3.21. The second-order valence-electron chi connectivity index (χ2n) is 6.95. The Bertz CT molecular complexity index is 1220. The number of carbonyl (C=O) groups excluding carboxylic acids is 2. The first-order valence-corrected chi connectivity index (χ1v) is 9.70. The predicted octanol–water partition coefficient (Wildman–Crippen LogP) is 3.89. The van der Waals surface area contributed by atoms with Crippen LogP contribution in [-0.2, 0) is 17.8 Å². The molecule has 156 valence electrons. The first kappa shape index (κ1) is 20.2. The lowest BCUT2D eigenvalue weighted by Crippen LogP contribution is -2.42. The summed E-state index contributed by atoms with van der Waals surface area (Å²) in [5.74, 6) is -0.813. The molecule has 0 saturated carbocycles. The maximum absolute atomic E-state index is 13.0. The molecule has 0 unspecified atom stereocenters. The van der Waals surface area contributed by atoms with Gasteiger partial charge in [-0.25, -0.2) is 4.39 Å². The molecule has 0 fully saturated rings. The molecule has 4 rings (SSSR count). The van der Waals surface area contributed by atoms with Gasteiger partial charge in [-0.15, -0.1) is 0 Å². The number of amides is 2. The summed E-state index contributed by atoms with van der Waals surface area (Å²) in [4.78, 5) is 28.0. The Hall–Kier alpha value is -4.13. The Morgan fingerprint density at radius 1 is 0.903 bits per heavy atom. The third-order valence-electron chi connectivity index (χ3n) is 4.78. The molecule has 3 N–H and O–H groups in total. The highest BCUT2D eigenvalue weighted by Crippen LogP contribution is 2.20. The van der Waals surface area contributed by atoms with Crippen molar-refractivity contribution in [2.45, 2.75) is 13.0 Å². The molecular formula is C24H20FN3O3. The van der Waals surface area contributed by atoms with E-state index < -0.39 is 5.91 Å². The van der Waals surface area contributed by atoms with Crippen LogP contribution in [0.25, 0.3) is 10.9 Å². The number of aromatic nitrogens is 1. The molecule has 6 nitrogen and oxygen atoms in total. The summed E-state index contributed by atoms with van der Waals surface area (Å²) in [6.07, 6.45) is 1.90. The Morgan fingerprint density at radius 2 is 1.65 bits per heavy atom. The van der Waals surface area contributed by atoms with E-state index in [0.717, 1.165) is 22.0 Å². The number of hydrogen-bond acceptors (Lipinski definition) is 3. The van der Waals surface area contributed by atoms with Gasteiger partial charge in [-0.05, 0) is 41.5 Å². The first-order chi connectivity index (χ1) is 15.1. The fourth-order valence-electron chi connectivity index (χ4n) is 3.21. The molecule has 0 aliphatic heterocycles. The van der Waals surface area contributed by atoms with Crippen LogP contribution in [0.3, 0.4) is 0 Å². The van der Waals surface area contributed by atoms with Gasteiger partial charge in [0.05, 0.1) is 12.0 Å². The third-order valence-corrected chi connectivity index (χ3v) is 4.78. The van der Waals surface area contributed by atoms with Crippen molar-refractivity contribution in [1.29, 1.82) is 0 Å². The van der Waals surface area contributed by atoms with E-state index in [1.165, 1.54) is 12.1 Å². The molecule has 0 aliphatic rings. The Labute approximate surface area is 178 Å². The summed E-state index contributed by atoms with van der Waals surface area (Å²) < 4.78 is 18.8. The van der Waals surface area contributed by atoms with E-state index in [9.17, 15) is 14.0 Å². The van der Waals surface area contributed by atoms with Crippen LogP contribution in [0.1, 0.15) is 21.5 Å². The number of rotatable bonds is 6. The number of para-hydroxylation sites is 2. The van der Waals surface area contributed by atoms with E-state index in [-0.39, 0.29) is 30.3 Å². The van der Waals surface area contributed by atoms with Crippen LogP contribution in [-0.4, -0.2) is 16.8 Å². The third kappa shape index (κ3) is 4.90. The Morgan fingerprint density at radius 3 is 2.48 bits per heavy atom. The highest BCUT2D eigenvalue weighted by molar-refractivity contribution is 5.98. The molecule has 3 aromatic carbocycles. The normalized spacial score (nSPS) is 10.6. The number of hydrogen-bond donors (Lipinski definition) is 3. The number of carbonyl (C=O) groups is 2. The van der Waals surface area contributed by atoms with Gasteiger partial charge in [-0.1, -0.05) is 42.5 Å². The molecule has 0 bridgehead atoms. The summed E-state index contributed by atoms with van der Waals surface area (Å²) >= 11 is 0. The minimum atomic E-state index is -0.498. The molecule has 2 amide bonds. The van der Waals surface area contributed by atoms with Gasteiger partial charge < -0.3 is 9.72 Å². The molecule has 31 heavy (non-hydrogen) atoms. The van der Waals surface area contributed by atoms with E-state index in [1.54, 1.807) is 42.6 Å². The molecule has 1 heterocycles. The van der Waals surface area contributed by atoms with Crippen molar-refractivity contribution in [3.63, 3.8) is 0 Å². The average Bonchev–Trinajstić information content (AvgIpc) is 3.20. The quantitative estimate of drug-likeness (QED) is 0.416. The standard InChI is InChI=1S/C24H20FN3O3/c25-18-11-9-16(10-12-18)15-31-22-8-4-2-6-20(22)24(30)28-27-23(29)13-17-14-26-21-7-3-1-5-19(17)21/h1-12,14,26H,13,15H2,(H,27,29)(H,28,30). The van der Waals surface area contributed by atoms with Crippen LogP contribution < -0.4 is 15.6 Å². The number of nitrogens with one attached hydrogen (secondary N) is 3. The number of ether oxygens (including phenoxy) is 1. The maximum Gasteiger partial charge on any atom is 0.273 e. The predicted molar refractivity (Wildman–Crippen MR) is 115 cm³/mol. The lowest BCUT2D eigenvalue weighted by molar-refractivity contribution is -0.121. The fraction of sp³-hybridized carbons (Fsp3) is 0.0833.